The second-order valence-electron chi connectivity index (χ2n) is 6.59. The van der Waals surface area contributed by atoms with Crippen LogP contribution in [-0.2, 0) is 11.3 Å². The van der Waals surface area contributed by atoms with Crippen molar-refractivity contribution in [3.05, 3.63) is 35.9 Å². The lowest BCUT2D eigenvalue weighted by atomic mass is 9.54. The maximum Gasteiger partial charge on any atom is 0.407 e. The molecule has 0 aliphatic heterocycles. The topological polar surface area (TPSA) is 58.6 Å². The molecule has 0 unspecified atom stereocenters. The molecule has 0 heterocycles. The van der Waals surface area contributed by atoms with Crippen LogP contribution in [0.25, 0.3) is 0 Å². The van der Waals surface area contributed by atoms with Gasteiger partial charge in [0.15, 0.2) is 0 Å². The monoisotopic (exact) mass is 277 g/mol. The first-order valence-electron chi connectivity index (χ1n) is 7.00. The van der Waals surface area contributed by atoms with Gasteiger partial charge in [0.05, 0.1) is 6.61 Å². The smallest absolute Gasteiger partial charge is 0.407 e. The number of aliphatic hydroxyl groups excluding tert-OH is 1. The summed E-state index contributed by atoms with van der Waals surface area (Å²) in [6, 6.07) is 9.57. The Morgan fingerprint density at radius 2 is 1.95 bits per heavy atom. The van der Waals surface area contributed by atoms with Gasteiger partial charge >= 0.3 is 6.09 Å². The van der Waals surface area contributed by atoms with Crippen molar-refractivity contribution in [1.82, 2.24) is 5.32 Å². The predicted molar refractivity (Wildman–Crippen MR) is 77.2 cm³/mol. The van der Waals surface area contributed by atoms with Crippen LogP contribution in [0.4, 0.5) is 4.79 Å². The van der Waals surface area contributed by atoms with Crippen LogP contribution in [0.2, 0.25) is 0 Å². The number of hydrogen-bond donors (Lipinski definition) is 2. The number of aliphatic hydroxyl groups is 1. The van der Waals surface area contributed by atoms with Gasteiger partial charge in [0.1, 0.15) is 6.61 Å². The normalized spacial score (nSPS) is 18.9. The molecule has 1 saturated carbocycles. The van der Waals surface area contributed by atoms with Gasteiger partial charge in [-0.15, -0.1) is 0 Å². The minimum Gasteiger partial charge on any atom is -0.445 e. The summed E-state index contributed by atoms with van der Waals surface area (Å²) in [5.41, 5.74) is 1.05. The summed E-state index contributed by atoms with van der Waals surface area (Å²) >= 11 is 0. The molecule has 0 saturated heterocycles. The maximum atomic E-state index is 11.7. The Morgan fingerprint density at radius 3 is 2.50 bits per heavy atom. The molecule has 2 N–H and O–H groups in total. The molecule has 4 heteroatoms. The van der Waals surface area contributed by atoms with Crippen LogP contribution in [0.15, 0.2) is 30.3 Å². The van der Waals surface area contributed by atoms with Crippen LogP contribution < -0.4 is 5.32 Å². The number of benzene rings is 1. The molecule has 1 aromatic rings. The van der Waals surface area contributed by atoms with E-state index in [1.807, 2.05) is 30.3 Å². The van der Waals surface area contributed by atoms with E-state index in [1.165, 1.54) is 0 Å². The molecule has 20 heavy (non-hydrogen) atoms. The quantitative estimate of drug-likeness (QED) is 0.870. The summed E-state index contributed by atoms with van der Waals surface area (Å²) in [5, 5.41) is 12.3. The summed E-state index contributed by atoms with van der Waals surface area (Å²) in [6.07, 6.45) is 1.43. The number of carbonyl (C=O) groups excluding carboxylic acids is 1. The maximum absolute atomic E-state index is 11.7. The van der Waals surface area contributed by atoms with E-state index in [0.29, 0.717) is 6.54 Å². The molecule has 1 amide bonds. The van der Waals surface area contributed by atoms with E-state index in [0.717, 1.165) is 18.4 Å². The SMILES string of the molecule is CC1(C)CC(CO)(CNC(=O)OCc2ccccc2)C1. The average Bonchev–Trinajstić information content (AvgIpc) is 2.41. The summed E-state index contributed by atoms with van der Waals surface area (Å²) < 4.78 is 5.16. The molecule has 1 aromatic carbocycles. The molecular weight excluding hydrogens is 254 g/mol. The molecule has 1 aliphatic rings. The first-order chi connectivity index (χ1) is 9.45. The Balaban J connectivity index is 1.73. The third-order valence-corrected chi connectivity index (χ3v) is 3.86. The van der Waals surface area contributed by atoms with Crippen molar-refractivity contribution < 1.29 is 14.6 Å². The van der Waals surface area contributed by atoms with E-state index in [2.05, 4.69) is 19.2 Å². The molecule has 110 valence electrons. The summed E-state index contributed by atoms with van der Waals surface area (Å²) in [7, 11) is 0. The van der Waals surface area contributed by atoms with Crippen molar-refractivity contribution in [2.24, 2.45) is 10.8 Å². The Hall–Kier alpha value is -1.55. The zero-order valence-electron chi connectivity index (χ0n) is 12.2. The van der Waals surface area contributed by atoms with Crippen molar-refractivity contribution in [2.75, 3.05) is 13.2 Å². The standard InChI is InChI=1S/C16H23NO3/c1-15(2)9-16(10-15,12-18)11-17-14(19)20-8-13-6-4-3-5-7-13/h3-7,18H,8-12H2,1-2H3,(H,17,19). The molecule has 0 radical (unpaired) electrons. The minimum atomic E-state index is -0.425. The van der Waals surface area contributed by atoms with Crippen LogP contribution in [0.3, 0.4) is 0 Å². The fraction of sp³-hybridized carbons (Fsp3) is 0.562. The summed E-state index contributed by atoms with van der Waals surface area (Å²) in [4.78, 5) is 11.7. The number of nitrogens with one attached hydrogen (secondary N) is 1. The van der Waals surface area contributed by atoms with E-state index in [9.17, 15) is 9.90 Å². The van der Waals surface area contributed by atoms with E-state index in [4.69, 9.17) is 4.74 Å². The Labute approximate surface area is 120 Å². The molecule has 0 spiro atoms. The largest absolute Gasteiger partial charge is 0.445 e. The van der Waals surface area contributed by atoms with Crippen molar-refractivity contribution >= 4 is 6.09 Å². The van der Waals surface area contributed by atoms with Gasteiger partial charge in [-0.2, -0.15) is 0 Å². The lowest BCUT2D eigenvalue weighted by Gasteiger charge is -2.52. The lowest BCUT2D eigenvalue weighted by molar-refractivity contribution is -0.0528. The second kappa shape index (κ2) is 5.83. The minimum absolute atomic E-state index is 0.107. The van der Waals surface area contributed by atoms with Gasteiger partial charge in [-0.25, -0.2) is 4.79 Å². The van der Waals surface area contributed by atoms with Crippen LogP contribution in [0, 0.1) is 10.8 Å². The fourth-order valence-corrected chi connectivity index (χ4v) is 3.31. The highest BCUT2D eigenvalue weighted by molar-refractivity contribution is 5.67. The van der Waals surface area contributed by atoms with Gasteiger partial charge in [0.2, 0.25) is 0 Å². The van der Waals surface area contributed by atoms with Crippen molar-refractivity contribution in [3.8, 4) is 0 Å². The van der Waals surface area contributed by atoms with Gasteiger partial charge in [0, 0.05) is 12.0 Å². The predicted octanol–water partition coefficient (Wildman–Crippen LogP) is 2.71. The zero-order valence-corrected chi connectivity index (χ0v) is 12.2. The van der Waals surface area contributed by atoms with Crippen LogP contribution >= 0.6 is 0 Å². The molecule has 2 rings (SSSR count). The summed E-state index contributed by atoms with van der Waals surface area (Å²) in [6.45, 7) is 5.20. The van der Waals surface area contributed by atoms with Gasteiger partial charge in [-0.1, -0.05) is 44.2 Å². The highest BCUT2D eigenvalue weighted by Crippen LogP contribution is 2.53. The highest BCUT2D eigenvalue weighted by atomic mass is 16.5. The Bertz CT molecular complexity index is 448. The van der Waals surface area contributed by atoms with E-state index in [1.54, 1.807) is 0 Å². The Kier molecular flexibility index (Phi) is 4.33. The zero-order chi connectivity index (χ0) is 14.6. The van der Waals surface area contributed by atoms with Crippen LogP contribution in [0.5, 0.6) is 0 Å². The molecular formula is C16H23NO3. The van der Waals surface area contributed by atoms with E-state index < -0.39 is 6.09 Å². The third-order valence-electron chi connectivity index (χ3n) is 3.86. The van der Waals surface area contributed by atoms with Crippen molar-refractivity contribution in [1.29, 1.82) is 0 Å². The first-order valence-corrected chi connectivity index (χ1v) is 7.00. The number of amides is 1. The fourth-order valence-electron chi connectivity index (χ4n) is 3.31. The second-order valence-corrected chi connectivity index (χ2v) is 6.59. The molecule has 0 aromatic heterocycles. The van der Waals surface area contributed by atoms with Gasteiger partial charge < -0.3 is 15.2 Å². The molecule has 0 atom stereocenters. The average molecular weight is 277 g/mol. The number of carbonyl (C=O) groups is 1. The number of rotatable bonds is 5. The molecule has 1 fully saturated rings. The number of hydrogen-bond acceptors (Lipinski definition) is 3. The Morgan fingerprint density at radius 1 is 1.30 bits per heavy atom. The van der Waals surface area contributed by atoms with E-state index in [-0.39, 0.29) is 24.0 Å². The van der Waals surface area contributed by atoms with Gasteiger partial charge in [-0.3, -0.25) is 0 Å². The van der Waals surface area contributed by atoms with Gasteiger partial charge in [0.25, 0.3) is 0 Å². The third kappa shape index (κ3) is 3.73. The lowest BCUT2D eigenvalue weighted by Crippen LogP contribution is -2.52. The van der Waals surface area contributed by atoms with Crippen LogP contribution in [-0.4, -0.2) is 24.4 Å². The first kappa shape index (κ1) is 14.9. The molecule has 0 bridgehead atoms. The van der Waals surface area contributed by atoms with Crippen LogP contribution in [0.1, 0.15) is 32.3 Å². The van der Waals surface area contributed by atoms with Crippen molar-refractivity contribution in [2.45, 2.75) is 33.3 Å². The highest BCUT2D eigenvalue weighted by Gasteiger charge is 2.48. The van der Waals surface area contributed by atoms with E-state index >= 15 is 0 Å². The molecule has 1 aliphatic carbocycles. The van der Waals surface area contributed by atoms with Gasteiger partial charge in [-0.05, 0) is 23.8 Å². The molecule has 4 nitrogen and oxygen atoms in total. The number of ether oxygens (including phenoxy) is 1. The number of alkyl carbamates (subject to hydrolysis) is 1. The summed E-state index contributed by atoms with van der Waals surface area (Å²) in [5.74, 6) is 0. The van der Waals surface area contributed by atoms with Crippen molar-refractivity contribution in [3.63, 3.8) is 0 Å².